The first kappa shape index (κ1) is 18.3. The number of carbonyl (C=O) groups is 1. The van der Waals surface area contributed by atoms with E-state index in [-0.39, 0.29) is 5.41 Å². The maximum absolute atomic E-state index is 13.3. The summed E-state index contributed by atoms with van der Waals surface area (Å²) in [5.41, 5.74) is -0.103. The van der Waals surface area contributed by atoms with Crippen molar-refractivity contribution in [2.75, 3.05) is 45.1 Å². The van der Waals surface area contributed by atoms with Gasteiger partial charge in [0, 0.05) is 49.5 Å². The molecule has 0 bridgehead atoms. The Morgan fingerprint density at radius 3 is 2.73 bits per heavy atom. The third kappa shape index (κ3) is 3.95. The summed E-state index contributed by atoms with van der Waals surface area (Å²) in [6, 6.07) is 11.0. The van der Waals surface area contributed by atoms with Crippen LogP contribution in [-0.4, -0.2) is 66.9 Å². The Balaban J connectivity index is 1.31. The summed E-state index contributed by atoms with van der Waals surface area (Å²) < 4.78 is 5.49. The van der Waals surface area contributed by atoms with Crippen molar-refractivity contribution in [2.45, 2.75) is 43.0 Å². The second-order valence-electron chi connectivity index (χ2n) is 7.91. The van der Waals surface area contributed by atoms with Gasteiger partial charge in [-0.2, -0.15) is 0 Å². The SMILES string of the molecule is O=C1N(C2CCOCC2)CCC[C@]12CCN(CCSc1ccccc1)C2. The number of hydrogen-bond donors (Lipinski definition) is 0. The van der Waals surface area contributed by atoms with Gasteiger partial charge >= 0.3 is 0 Å². The van der Waals surface area contributed by atoms with Gasteiger partial charge in [0.1, 0.15) is 0 Å². The van der Waals surface area contributed by atoms with Crippen LogP contribution in [0.3, 0.4) is 0 Å². The molecule has 26 heavy (non-hydrogen) atoms. The maximum Gasteiger partial charge on any atom is 0.230 e. The lowest BCUT2D eigenvalue weighted by atomic mass is 9.77. The van der Waals surface area contributed by atoms with Crippen LogP contribution in [0.5, 0.6) is 0 Å². The number of thioether (sulfide) groups is 1. The smallest absolute Gasteiger partial charge is 0.230 e. The molecule has 0 N–H and O–H groups in total. The minimum absolute atomic E-state index is 0.103. The molecule has 1 aromatic rings. The van der Waals surface area contributed by atoms with E-state index in [2.05, 4.69) is 40.1 Å². The standard InChI is InChI=1S/C21H30N2O2S/c24-20-21(9-4-11-23(20)18-7-14-25-15-8-18)10-12-22(17-21)13-16-26-19-5-2-1-3-6-19/h1-3,5-6,18H,4,7-17H2/t21-/m1/s1. The van der Waals surface area contributed by atoms with E-state index in [4.69, 9.17) is 4.74 Å². The van der Waals surface area contributed by atoms with Crippen LogP contribution in [0.25, 0.3) is 0 Å². The zero-order valence-corrected chi connectivity index (χ0v) is 16.4. The lowest BCUT2D eigenvalue weighted by molar-refractivity contribution is -0.150. The van der Waals surface area contributed by atoms with Crippen molar-refractivity contribution in [1.82, 2.24) is 9.80 Å². The second kappa shape index (κ2) is 8.32. The highest BCUT2D eigenvalue weighted by Crippen LogP contribution is 2.41. The molecule has 0 aliphatic carbocycles. The number of nitrogens with zero attached hydrogens (tertiary/aromatic N) is 2. The molecule has 0 saturated carbocycles. The predicted octanol–water partition coefficient (Wildman–Crippen LogP) is 3.27. The first-order chi connectivity index (χ1) is 12.8. The zero-order valence-electron chi connectivity index (χ0n) is 15.6. The molecule has 0 aromatic heterocycles. The molecule has 1 aromatic carbocycles. The highest BCUT2D eigenvalue weighted by molar-refractivity contribution is 7.99. The number of rotatable bonds is 5. The van der Waals surface area contributed by atoms with E-state index in [9.17, 15) is 4.79 Å². The van der Waals surface area contributed by atoms with Crippen molar-refractivity contribution in [3.63, 3.8) is 0 Å². The number of likely N-dealkylation sites (tertiary alicyclic amines) is 2. The van der Waals surface area contributed by atoms with Crippen molar-refractivity contribution in [2.24, 2.45) is 5.41 Å². The van der Waals surface area contributed by atoms with Crippen molar-refractivity contribution >= 4 is 17.7 Å². The minimum atomic E-state index is -0.103. The monoisotopic (exact) mass is 374 g/mol. The molecule has 4 rings (SSSR count). The van der Waals surface area contributed by atoms with Gasteiger partial charge in [-0.15, -0.1) is 11.8 Å². The molecule has 5 heteroatoms. The molecule has 142 valence electrons. The number of amides is 1. The van der Waals surface area contributed by atoms with Crippen LogP contribution in [0.4, 0.5) is 0 Å². The highest BCUT2D eigenvalue weighted by Gasteiger charge is 2.49. The summed E-state index contributed by atoms with van der Waals surface area (Å²) in [5, 5.41) is 0. The first-order valence-corrected chi connectivity index (χ1v) is 11.0. The summed E-state index contributed by atoms with van der Waals surface area (Å²) >= 11 is 1.92. The van der Waals surface area contributed by atoms with Crippen LogP contribution in [0, 0.1) is 5.41 Å². The molecule has 3 fully saturated rings. The largest absolute Gasteiger partial charge is 0.381 e. The third-order valence-electron chi connectivity index (χ3n) is 6.25. The van der Waals surface area contributed by atoms with Crippen molar-refractivity contribution in [3.8, 4) is 0 Å². The number of benzene rings is 1. The normalized spacial score (nSPS) is 28.2. The van der Waals surface area contributed by atoms with Gasteiger partial charge in [-0.1, -0.05) is 18.2 Å². The number of hydrogen-bond acceptors (Lipinski definition) is 4. The van der Waals surface area contributed by atoms with Crippen molar-refractivity contribution < 1.29 is 9.53 Å². The number of carbonyl (C=O) groups excluding carboxylic acids is 1. The van der Waals surface area contributed by atoms with E-state index in [0.717, 1.165) is 77.2 Å². The molecule has 4 nitrogen and oxygen atoms in total. The minimum Gasteiger partial charge on any atom is -0.381 e. The second-order valence-corrected chi connectivity index (χ2v) is 9.08. The van der Waals surface area contributed by atoms with Gasteiger partial charge in [-0.25, -0.2) is 0 Å². The van der Waals surface area contributed by atoms with Gasteiger partial charge in [0.05, 0.1) is 5.41 Å². The van der Waals surface area contributed by atoms with E-state index < -0.39 is 0 Å². The van der Waals surface area contributed by atoms with Crippen LogP contribution in [0.2, 0.25) is 0 Å². The van der Waals surface area contributed by atoms with Crippen molar-refractivity contribution in [1.29, 1.82) is 0 Å². The lowest BCUT2D eigenvalue weighted by Crippen LogP contribution is -2.54. The summed E-state index contributed by atoms with van der Waals surface area (Å²) in [7, 11) is 0. The van der Waals surface area contributed by atoms with Crippen LogP contribution in [0.15, 0.2) is 35.2 Å². The van der Waals surface area contributed by atoms with Gasteiger partial charge in [0.25, 0.3) is 0 Å². The summed E-state index contributed by atoms with van der Waals surface area (Å²) in [5.74, 6) is 1.53. The predicted molar refractivity (Wildman–Crippen MR) is 105 cm³/mol. The molecule has 1 spiro atoms. The quantitative estimate of drug-likeness (QED) is 0.741. The van der Waals surface area contributed by atoms with E-state index in [1.54, 1.807) is 0 Å². The highest BCUT2D eigenvalue weighted by atomic mass is 32.2. The van der Waals surface area contributed by atoms with Gasteiger partial charge in [0.15, 0.2) is 0 Å². The topological polar surface area (TPSA) is 32.8 Å². The van der Waals surface area contributed by atoms with E-state index in [0.29, 0.717) is 11.9 Å². The number of piperidine rings is 1. The Kier molecular flexibility index (Phi) is 5.87. The molecule has 3 aliphatic rings. The fraction of sp³-hybridized carbons (Fsp3) is 0.667. The molecule has 1 amide bonds. The molecular formula is C21H30N2O2S. The molecule has 3 saturated heterocycles. The molecule has 1 atom stereocenters. The third-order valence-corrected chi connectivity index (χ3v) is 7.24. The fourth-order valence-electron chi connectivity index (χ4n) is 4.78. The van der Waals surface area contributed by atoms with Crippen LogP contribution >= 0.6 is 11.8 Å². The molecule has 0 unspecified atom stereocenters. The van der Waals surface area contributed by atoms with E-state index >= 15 is 0 Å². The molecular weight excluding hydrogens is 344 g/mol. The van der Waals surface area contributed by atoms with E-state index in [1.165, 1.54) is 4.90 Å². The average molecular weight is 375 g/mol. The summed E-state index contributed by atoms with van der Waals surface area (Å²) in [6.07, 6.45) is 5.31. The van der Waals surface area contributed by atoms with Crippen LogP contribution in [-0.2, 0) is 9.53 Å². The van der Waals surface area contributed by atoms with Crippen LogP contribution < -0.4 is 0 Å². The zero-order chi connectivity index (χ0) is 17.8. The van der Waals surface area contributed by atoms with E-state index in [1.807, 2.05) is 11.8 Å². The average Bonchev–Trinajstić information content (AvgIpc) is 3.10. The molecule has 3 aliphatic heterocycles. The summed E-state index contributed by atoms with van der Waals surface area (Å²) in [6.45, 7) is 5.68. The summed E-state index contributed by atoms with van der Waals surface area (Å²) in [4.78, 5) is 19.4. The maximum atomic E-state index is 13.3. The Bertz CT molecular complexity index is 605. The Morgan fingerprint density at radius 2 is 1.92 bits per heavy atom. The van der Waals surface area contributed by atoms with Crippen LogP contribution in [0.1, 0.15) is 32.1 Å². The van der Waals surface area contributed by atoms with Gasteiger partial charge in [0.2, 0.25) is 5.91 Å². The molecule has 3 heterocycles. The van der Waals surface area contributed by atoms with Gasteiger partial charge in [-0.3, -0.25) is 4.79 Å². The Morgan fingerprint density at radius 1 is 1.12 bits per heavy atom. The van der Waals surface area contributed by atoms with Crippen molar-refractivity contribution in [3.05, 3.63) is 30.3 Å². The lowest BCUT2D eigenvalue weighted by Gasteiger charge is -2.44. The first-order valence-electron chi connectivity index (χ1n) is 10.1. The van der Waals surface area contributed by atoms with Gasteiger partial charge < -0.3 is 14.5 Å². The Hall–Kier alpha value is -1.04. The van der Waals surface area contributed by atoms with Gasteiger partial charge in [-0.05, 0) is 50.8 Å². The fourth-order valence-corrected chi connectivity index (χ4v) is 5.72. The molecule has 0 radical (unpaired) electrons. The number of ether oxygens (including phenoxy) is 1. The Labute approximate surface area is 161 Å².